The molecule has 0 saturated carbocycles. The summed E-state index contributed by atoms with van der Waals surface area (Å²) < 4.78 is 0. The van der Waals surface area contributed by atoms with Gasteiger partial charge in [0.25, 0.3) is 0 Å². The number of nitrogens with two attached hydrogens (primary N) is 2. The van der Waals surface area contributed by atoms with Crippen LogP contribution in [0.4, 0.5) is 0 Å². The quantitative estimate of drug-likeness (QED) is 0.586. The largest absolute Gasteiger partial charge is 0.329 e. The van der Waals surface area contributed by atoms with E-state index in [1.165, 1.54) is 12.8 Å². The van der Waals surface area contributed by atoms with Crippen LogP contribution in [0.2, 0.25) is 0 Å². The Balaban J connectivity index is 3.64. The van der Waals surface area contributed by atoms with Gasteiger partial charge < -0.3 is 16.4 Å². The standard InChI is InChI=1S/C10H25N3/c1-3-4-10(2)9-13(7-5-11)8-6-12/h10H,3-9,11-12H2,1-2H3. The van der Waals surface area contributed by atoms with Gasteiger partial charge in [-0.1, -0.05) is 20.3 Å². The van der Waals surface area contributed by atoms with Gasteiger partial charge in [0, 0.05) is 32.7 Å². The molecular weight excluding hydrogens is 162 g/mol. The van der Waals surface area contributed by atoms with Crippen molar-refractivity contribution in [2.24, 2.45) is 17.4 Å². The molecule has 0 amide bonds. The van der Waals surface area contributed by atoms with Crippen LogP contribution in [0.3, 0.4) is 0 Å². The lowest BCUT2D eigenvalue weighted by Crippen LogP contribution is -2.36. The van der Waals surface area contributed by atoms with Gasteiger partial charge in [0.2, 0.25) is 0 Å². The van der Waals surface area contributed by atoms with Crippen molar-refractivity contribution in [2.75, 3.05) is 32.7 Å². The van der Waals surface area contributed by atoms with Crippen LogP contribution in [0.1, 0.15) is 26.7 Å². The highest BCUT2D eigenvalue weighted by Gasteiger charge is 2.07. The summed E-state index contributed by atoms with van der Waals surface area (Å²) in [7, 11) is 0. The number of hydrogen-bond donors (Lipinski definition) is 2. The van der Waals surface area contributed by atoms with Crippen LogP contribution in [-0.4, -0.2) is 37.6 Å². The average molecular weight is 187 g/mol. The van der Waals surface area contributed by atoms with Crippen LogP contribution in [0.25, 0.3) is 0 Å². The molecule has 0 spiro atoms. The Kier molecular flexibility index (Phi) is 8.40. The molecule has 4 N–H and O–H groups in total. The molecule has 0 fully saturated rings. The Morgan fingerprint density at radius 2 is 1.69 bits per heavy atom. The van der Waals surface area contributed by atoms with Crippen molar-refractivity contribution in [3.8, 4) is 0 Å². The first-order valence-electron chi connectivity index (χ1n) is 5.37. The molecule has 0 aliphatic heterocycles. The molecule has 1 atom stereocenters. The monoisotopic (exact) mass is 187 g/mol. The molecule has 0 heterocycles. The highest BCUT2D eigenvalue weighted by molar-refractivity contribution is 4.63. The second-order valence-electron chi connectivity index (χ2n) is 3.77. The first kappa shape index (κ1) is 12.9. The third kappa shape index (κ3) is 6.99. The molecule has 13 heavy (non-hydrogen) atoms. The molecule has 3 nitrogen and oxygen atoms in total. The van der Waals surface area contributed by atoms with Crippen LogP contribution in [0.5, 0.6) is 0 Å². The smallest absolute Gasteiger partial charge is 0.0105 e. The fourth-order valence-corrected chi connectivity index (χ4v) is 1.68. The lowest BCUT2D eigenvalue weighted by molar-refractivity contribution is 0.243. The minimum Gasteiger partial charge on any atom is -0.329 e. The minimum atomic E-state index is 0.735. The fraction of sp³-hybridized carbons (Fsp3) is 1.00. The summed E-state index contributed by atoms with van der Waals surface area (Å²) in [6.07, 6.45) is 2.56. The van der Waals surface area contributed by atoms with Crippen LogP contribution in [0.15, 0.2) is 0 Å². The lowest BCUT2D eigenvalue weighted by Gasteiger charge is -2.24. The summed E-state index contributed by atoms with van der Waals surface area (Å²) in [6.45, 7) is 9.09. The Morgan fingerprint density at radius 3 is 2.08 bits per heavy atom. The van der Waals surface area contributed by atoms with Crippen molar-refractivity contribution in [3.05, 3.63) is 0 Å². The van der Waals surface area contributed by atoms with Crippen LogP contribution < -0.4 is 11.5 Å². The molecule has 0 bridgehead atoms. The van der Waals surface area contributed by atoms with Gasteiger partial charge in [0.05, 0.1) is 0 Å². The van der Waals surface area contributed by atoms with Gasteiger partial charge in [-0.15, -0.1) is 0 Å². The zero-order valence-corrected chi connectivity index (χ0v) is 9.13. The Labute approximate surface area is 82.5 Å². The van der Waals surface area contributed by atoms with Crippen molar-refractivity contribution in [1.82, 2.24) is 4.90 Å². The third-order valence-corrected chi connectivity index (χ3v) is 2.24. The SMILES string of the molecule is CCCC(C)CN(CCN)CCN. The van der Waals surface area contributed by atoms with Gasteiger partial charge in [0.1, 0.15) is 0 Å². The number of nitrogens with zero attached hydrogens (tertiary/aromatic N) is 1. The van der Waals surface area contributed by atoms with Gasteiger partial charge in [-0.3, -0.25) is 0 Å². The molecule has 0 saturated heterocycles. The Bertz CT molecular complexity index is 100. The molecule has 80 valence electrons. The van der Waals surface area contributed by atoms with Crippen molar-refractivity contribution in [1.29, 1.82) is 0 Å². The second kappa shape index (κ2) is 8.48. The molecule has 0 aliphatic rings. The molecule has 0 rings (SSSR count). The van der Waals surface area contributed by atoms with E-state index in [-0.39, 0.29) is 0 Å². The van der Waals surface area contributed by atoms with E-state index in [0.717, 1.165) is 38.6 Å². The maximum absolute atomic E-state index is 5.53. The van der Waals surface area contributed by atoms with E-state index in [4.69, 9.17) is 11.5 Å². The predicted octanol–water partition coefficient (Wildman–Crippen LogP) is 0.642. The highest BCUT2D eigenvalue weighted by Crippen LogP contribution is 2.06. The van der Waals surface area contributed by atoms with Crippen LogP contribution in [-0.2, 0) is 0 Å². The maximum atomic E-state index is 5.53. The summed E-state index contributed by atoms with van der Waals surface area (Å²) >= 11 is 0. The summed E-state index contributed by atoms with van der Waals surface area (Å²) in [6, 6.07) is 0. The van der Waals surface area contributed by atoms with E-state index in [2.05, 4.69) is 18.7 Å². The van der Waals surface area contributed by atoms with Crippen LogP contribution >= 0.6 is 0 Å². The highest BCUT2D eigenvalue weighted by atomic mass is 15.1. The molecule has 0 aliphatic carbocycles. The van der Waals surface area contributed by atoms with E-state index in [9.17, 15) is 0 Å². The van der Waals surface area contributed by atoms with Crippen molar-refractivity contribution < 1.29 is 0 Å². The molecular formula is C10H25N3. The van der Waals surface area contributed by atoms with Crippen molar-refractivity contribution >= 4 is 0 Å². The molecule has 3 heteroatoms. The normalized spacial score (nSPS) is 13.6. The molecule has 0 aromatic carbocycles. The summed E-state index contributed by atoms with van der Waals surface area (Å²) in [5.74, 6) is 0.767. The van der Waals surface area contributed by atoms with Crippen LogP contribution in [0, 0.1) is 5.92 Å². The van der Waals surface area contributed by atoms with Gasteiger partial charge in [0.15, 0.2) is 0 Å². The topological polar surface area (TPSA) is 55.3 Å². The summed E-state index contributed by atoms with van der Waals surface area (Å²) in [5, 5.41) is 0. The predicted molar refractivity (Wildman–Crippen MR) is 58.6 cm³/mol. The summed E-state index contributed by atoms with van der Waals surface area (Å²) in [5.41, 5.74) is 11.1. The minimum absolute atomic E-state index is 0.735. The van der Waals surface area contributed by atoms with E-state index >= 15 is 0 Å². The zero-order chi connectivity index (χ0) is 10.1. The zero-order valence-electron chi connectivity index (χ0n) is 9.13. The van der Waals surface area contributed by atoms with Gasteiger partial charge in [-0.2, -0.15) is 0 Å². The second-order valence-corrected chi connectivity index (χ2v) is 3.77. The fourth-order valence-electron chi connectivity index (χ4n) is 1.68. The molecule has 1 unspecified atom stereocenters. The maximum Gasteiger partial charge on any atom is 0.0105 e. The van der Waals surface area contributed by atoms with Crippen molar-refractivity contribution in [3.63, 3.8) is 0 Å². The molecule has 0 aromatic heterocycles. The Hall–Kier alpha value is -0.120. The first-order valence-corrected chi connectivity index (χ1v) is 5.37. The van der Waals surface area contributed by atoms with Gasteiger partial charge in [-0.25, -0.2) is 0 Å². The van der Waals surface area contributed by atoms with E-state index < -0.39 is 0 Å². The van der Waals surface area contributed by atoms with Gasteiger partial charge in [-0.05, 0) is 12.3 Å². The number of hydrogen-bond acceptors (Lipinski definition) is 3. The molecule has 0 aromatic rings. The lowest BCUT2D eigenvalue weighted by atomic mass is 10.1. The van der Waals surface area contributed by atoms with E-state index in [1.54, 1.807) is 0 Å². The summed E-state index contributed by atoms with van der Waals surface area (Å²) in [4.78, 5) is 2.36. The first-order chi connectivity index (χ1) is 6.24. The van der Waals surface area contributed by atoms with Crippen molar-refractivity contribution in [2.45, 2.75) is 26.7 Å². The van der Waals surface area contributed by atoms with E-state index in [0.29, 0.717) is 0 Å². The number of rotatable bonds is 8. The Morgan fingerprint density at radius 1 is 1.15 bits per heavy atom. The molecule has 0 radical (unpaired) electrons. The van der Waals surface area contributed by atoms with Gasteiger partial charge >= 0.3 is 0 Å². The third-order valence-electron chi connectivity index (χ3n) is 2.24. The van der Waals surface area contributed by atoms with E-state index in [1.807, 2.05) is 0 Å². The average Bonchev–Trinajstić information content (AvgIpc) is 2.05.